The van der Waals surface area contributed by atoms with Crippen molar-refractivity contribution in [1.29, 1.82) is 0 Å². The van der Waals surface area contributed by atoms with Crippen LogP contribution in [-0.2, 0) is 0 Å². The molecule has 20 heavy (non-hydrogen) atoms. The van der Waals surface area contributed by atoms with Crippen molar-refractivity contribution < 1.29 is 17.9 Å². The Hall–Kier alpha value is -0.750. The normalized spacial score (nSPS) is 19.0. The zero-order valence-electron chi connectivity index (χ0n) is 11.0. The molecule has 6 heteroatoms. The number of hydrogen-bond donors (Lipinski definition) is 0. The Labute approximate surface area is 125 Å². The van der Waals surface area contributed by atoms with Crippen LogP contribution in [-0.4, -0.2) is 37.1 Å². The molecule has 2 nitrogen and oxygen atoms in total. The highest BCUT2D eigenvalue weighted by Crippen LogP contribution is 2.28. The number of benzene rings is 1. The first-order valence-corrected chi connectivity index (χ1v) is 7.44. The maximum absolute atomic E-state index is 13.5. The smallest absolute Gasteiger partial charge is 0.260 e. The summed E-state index contributed by atoms with van der Waals surface area (Å²) in [6.07, 6.45) is 1.09. The third kappa shape index (κ3) is 4.38. The molecule has 0 amide bonds. The van der Waals surface area contributed by atoms with Crippen molar-refractivity contribution in [3.05, 3.63) is 28.5 Å². The minimum atomic E-state index is -2.58. The number of ether oxygens (including phenoxy) is 1. The van der Waals surface area contributed by atoms with Crippen molar-refractivity contribution in [2.45, 2.75) is 25.2 Å². The zero-order chi connectivity index (χ0) is 14.6. The van der Waals surface area contributed by atoms with Crippen LogP contribution < -0.4 is 4.74 Å². The molecule has 0 unspecified atom stereocenters. The highest BCUT2D eigenvalue weighted by atomic mass is 79.9. The summed E-state index contributed by atoms with van der Waals surface area (Å²) in [4.78, 5) is 1.74. The summed E-state index contributed by atoms with van der Waals surface area (Å²) in [6.45, 7) is 1.36. The molecular weight excluding hydrogens is 335 g/mol. The SMILES string of the molecule is Fc1cccc(Br)c1OCCCN1CCCC(F)(F)C1. The molecule has 0 atom stereocenters. The van der Waals surface area contributed by atoms with Crippen LogP contribution in [0.3, 0.4) is 0 Å². The first-order valence-electron chi connectivity index (χ1n) is 6.65. The molecule has 0 aliphatic carbocycles. The molecule has 0 spiro atoms. The summed E-state index contributed by atoms with van der Waals surface area (Å²) in [6, 6.07) is 4.61. The Balaban J connectivity index is 1.74. The second kappa shape index (κ2) is 6.80. The standard InChI is InChI=1S/C14H17BrF3NO/c15-11-4-1-5-12(16)13(11)20-9-3-8-19-7-2-6-14(17,18)10-19/h1,4-5H,2-3,6-10H2. The monoisotopic (exact) mass is 351 g/mol. The van der Waals surface area contributed by atoms with Crippen molar-refractivity contribution >= 4 is 15.9 Å². The van der Waals surface area contributed by atoms with Gasteiger partial charge in [-0.2, -0.15) is 0 Å². The molecule has 1 aliphatic rings. The summed E-state index contributed by atoms with van der Waals surface area (Å²) in [5.74, 6) is -2.83. The lowest BCUT2D eigenvalue weighted by molar-refractivity contribution is -0.0645. The number of alkyl halides is 2. The third-order valence-electron chi connectivity index (χ3n) is 3.26. The number of rotatable bonds is 5. The molecule has 1 aliphatic heterocycles. The molecule has 0 saturated carbocycles. The molecule has 112 valence electrons. The van der Waals surface area contributed by atoms with E-state index in [0.717, 1.165) is 0 Å². The number of halogens is 4. The molecular formula is C14H17BrF3NO. The summed E-state index contributed by atoms with van der Waals surface area (Å²) in [7, 11) is 0. The van der Waals surface area contributed by atoms with E-state index in [1.54, 1.807) is 17.0 Å². The van der Waals surface area contributed by atoms with Crippen molar-refractivity contribution in [2.24, 2.45) is 0 Å². The van der Waals surface area contributed by atoms with Crippen molar-refractivity contribution in [3.63, 3.8) is 0 Å². The van der Waals surface area contributed by atoms with Gasteiger partial charge in [-0.1, -0.05) is 6.07 Å². The number of para-hydroxylation sites is 1. The minimum Gasteiger partial charge on any atom is -0.489 e. The average molecular weight is 352 g/mol. The summed E-state index contributed by atoms with van der Waals surface area (Å²) < 4.78 is 45.8. The predicted octanol–water partition coefficient (Wildman–Crippen LogP) is 4.09. The lowest BCUT2D eigenvalue weighted by atomic mass is 10.1. The lowest BCUT2D eigenvalue weighted by Crippen LogP contribution is -2.43. The van der Waals surface area contributed by atoms with Crippen LogP contribution in [0.1, 0.15) is 19.3 Å². The second-order valence-corrected chi connectivity index (χ2v) is 5.84. The first-order chi connectivity index (χ1) is 9.48. The molecule has 1 fully saturated rings. The first kappa shape index (κ1) is 15.6. The number of nitrogens with zero attached hydrogens (tertiary/aromatic N) is 1. The van der Waals surface area contributed by atoms with Gasteiger partial charge in [-0.15, -0.1) is 0 Å². The van der Waals surface area contributed by atoms with E-state index in [1.165, 1.54) is 6.07 Å². The van der Waals surface area contributed by atoms with E-state index in [0.29, 0.717) is 37.0 Å². The molecule has 0 aromatic heterocycles. The van der Waals surface area contributed by atoms with Gasteiger partial charge in [-0.25, -0.2) is 13.2 Å². The predicted molar refractivity (Wildman–Crippen MR) is 74.8 cm³/mol. The Kier molecular flexibility index (Phi) is 5.32. The molecule has 1 aromatic carbocycles. The highest BCUT2D eigenvalue weighted by Gasteiger charge is 2.34. The van der Waals surface area contributed by atoms with E-state index in [1.807, 2.05) is 0 Å². The van der Waals surface area contributed by atoms with Gasteiger partial charge >= 0.3 is 0 Å². The molecule has 1 aromatic rings. The maximum atomic E-state index is 13.5. The Morgan fingerprint density at radius 1 is 1.35 bits per heavy atom. The van der Waals surface area contributed by atoms with Gasteiger partial charge < -0.3 is 4.74 Å². The largest absolute Gasteiger partial charge is 0.489 e. The van der Waals surface area contributed by atoms with Gasteiger partial charge in [0, 0.05) is 13.0 Å². The molecule has 0 radical (unpaired) electrons. The fraction of sp³-hybridized carbons (Fsp3) is 0.571. The van der Waals surface area contributed by atoms with Crippen molar-refractivity contribution in [2.75, 3.05) is 26.2 Å². The van der Waals surface area contributed by atoms with E-state index in [-0.39, 0.29) is 18.7 Å². The minimum absolute atomic E-state index is 0.0256. The number of hydrogen-bond acceptors (Lipinski definition) is 2. The van der Waals surface area contributed by atoms with Crippen LogP contribution in [0.5, 0.6) is 5.75 Å². The molecule has 2 rings (SSSR count). The summed E-state index contributed by atoms with van der Waals surface area (Å²) in [5, 5.41) is 0. The second-order valence-electron chi connectivity index (χ2n) is 4.99. The Morgan fingerprint density at radius 2 is 2.15 bits per heavy atom. The van der Waals surface area contributed by atoms with E-state index in [9.17, 15) is 13.2 Å². The lowest BCUT2D eigenvalue weighted by Gasteiger charge is -2.32. The summed E-state index contributed by atoms with van der Waals surface area (Å²) >= 11 is 3.22. The Morgan fingerprint density at radius 3 is 2.85 bits per heavy atom. The molecule has 1 saturated heterocycles. The van der Waals surface area contributed by atoms with Crippen LogP contribution in [0.2, 0.25) is 0 Å². The topological polar surface area (TPSA) is 12.5 Å². The fourth-order valence-electron chi connectivity index (χ4n) is 2.32. The van der Waals surface area contributed by atoms with E-state index in [4.69, 9.17) is 4.74 Å². The van der Waals surface area contributed by atoms with Gasteiger partial charge in [-0.05, 0) is 47.4 Å². The van der Waals surface area contributed by atoms with Gasteiger partial charge in [0.05, 0.1) is 17.6 Å². The Bertz CT molecular complexity index is 436. The van der Waals surface area contributed by atoms with E-state index >= 15 is 0 Å². The van der Waals surface area contributed by atoms with Gasteiger partial charge in [-0.3, -0.25) is 4.90 Å². The van der Waals surface area contributed by atoms with E-state index in [2.05, 4.69) is 15.9 Å². The highest BCUT2D eigenvalue weighted by molar-refractivity contribution is 9.10. The number of likely N-dealkylation sites (tertiary alicyclic amines) is 1. The quantitative estimate of drug-likeness (QED) is 0.741. The van der Waals surface area contributed by atoms with Gasteiger partial charge in [0.15, 0.2) is 11.6 Å². The number of piperidine rings is 1. The molecule has 0 N–H and O–H groups in total. The van der Waals surface area contributed by atoms with Crippen molar-refractivity contribution in [3.8, 4) is 5.75 Å². The maximum Gasteiger partial charge on any atom is 0.260 e. The molecule has 1 heterocycles. The third-order valence-corrected chi connectivity index (χ3v) is 3.88. The van der Waals surface area contributed by atoms with Crippen LogP contribution in [0.4, 0.5) is 13.2 Å². The van der Waals surface area contributed by atoms with Crippen LogP contribution in [0.15, 0.2) is 22.7 Å². The van der Waals surface area contributed by atoms with Crippen LogP contribution in [0, 0.1) is 5.82 Å². The zero-order valence-corrected chi connectivity index (χ0v) is 12.6. The van der Waals surface area contributed by atoms with Gasteiger partial charge in [0.2, 0.25) is 0 Å². The van der Waals surface area contributed by atoms with Crippen LogP contribution in [0.25, 0.3) is 0 Å². The fourth-order valence-corrected chi connectivity index (χ4v) is 2.78. The van der Waals surface area contributed by atoms with Gasteiger partial charge in [0.25, 0.3) is 5.92 Å². The van der Waals surface area contributed by atoms with Crippen LogP contribution >= 0.6 is 15.9 Å². The van der Waals surface area contributed by atoms with Crippen molar-refractivity contribution in [1.82, 2.24) is 4.90 Å². The summed E-state index contributed by atoms with van der Waals surface area (Å²) in [5.41, 5.74) is 0. The average Bonchev–Trinajstić information content (AvgIpc) is 2.36. The molecule has 0 bridgehead atoms. The van der Waals surface area contributed by atoms with Gasteiger partial charge in [0.1, 0.15) is 0 Å². The van der Waals surface area contributed by atoms with E-state index < -0.39 is 11.7 Å².